The molecule has 1 fully saturated rings. The number of hydrogen-bond donors (Lipinski definition) is 4. The van der Waals surface area contributed by atoms with Crippen molar-refractivity contribution in [3.05, 3.63) is 102 Å². The highest BCUT2D eigenvalue weighted by Crippen LogP contribution is 2.29. The number of aliphatic hydroxyl groups excluding tert-OH is 1. The maximum absolute atomic E-state index is 14.6. The van der Waals surface area contributed by atoms with E-state index in [2.05, 4.69) is 21.0 Å². The third-order valence-corrected chi connectivity index (χ3v) is 10.2. The first-order chi connectivity index (χ1) is 27.5. The molecule has 4 aromatic rings. The number of nitrogens with one attached hydrogen (secondary N) is 3. The predicted molar refractivity (Wildman–Crippen MR) is 219 cm³/mol. The number of alkyl carbamates (subject to hydrolysis) is 1. The lowest BCUT2D eigenvalue weighted by molar-refractivity contribution is -0.133. The van der Waals surface area contributed by atoms with Crippen molar-refractivity contribution in [2.24, 2.45) is 10.8 Å². The van der Waals surface area contributed by atoms with Gasteiger partial charge in [-0.25, -0.2) is 19.6 Å². The Morgan fingerprint density at radius 1 is 0.862 bits per heavy atom. The molecule has 0 bridgehead atoms. The molecule has 0 unspecified atom stereocenters. The van der Waals surface area contributed by atoms with Crippen molar-refractivity contribution in [3.63, 3.8) is 0 Å². The second-order valence-electron chi connectivity index (χ2n) is 16.8. The van der Waals surface area contributed by atoms with Gasteiger partial charge in [0.2, 0.25) is 5.91 Å². The Morgan fingerprint density at radius 3 is 2.19 bits per heavy atom. The fourth-order valence-electron chi connectivity index (χ4n) is 7.22. The molecule has 4 N–H and O–H groups in total. The highest BCUT2D eigenvalue weighted by molar-refractivity contribution is 5.89. The Balaban J connectivity index is 1.40. The first-order valence-electron chi connectivity index (χ1n) is 19.5. The number of hydrogen-bond acceptors (Lipinski definition) is 9. The summed E-state index contributed by atoms with van der Waals surface area (Å²) in [5.74, 6) is 0.447. The van der Waals surface area contributed by atoms with Crippen molar-refractivity contribution in [1.82, 2.24) is 40.3 Å². The number of nitrogens with zero attached hydrogens (tertiary/aromatic N) is 5. The van der Waals surface area contributed by atoms with E-state index in [1.54, 1.807) is 40.2 Å². The minimum atomic E-state index is -1.22. The number of amides is 5. The number of ether oxygens (including phenoxy) is 2. The van der Waals surface area contributed by atoms with Crippen molar-refractivity contribution in [2.45, 2.75) is 85.3 Å². The van der Waals surface area contributed by atoms with Crippen molar-refractivity contribution < 1.29 is 33.8 Å². The first kappa shape index (κ1) is 43.5. The Kier molecular flexibility index (Phi) is 14.0. The smallest absolute Gasteiger partial charge is 0.407 e. The van der Waals surface area contributed by atoms with Gasteiger partial charge in [0, 0.05) is 32.4 Å². The van der Waals surface area contributed by atoms with Gasteiger partial charge in [-0.05, 0) is 52.6 Å². The molecule has 1 aliphatic rings. The normalized spacial score (nSPS) is 15.5. The molecule has 312 valence electrons. The van der Waals surface area contributed by atoms with Crippen LogP contribution in [0, 0.1) is 10.8 Å². The molecule has 0 aliphatic carbocycles. The number of fused-ring (bicyclic) bond motifs is 1. The maximum atomic E-state index is 14.6. The van der Waals surface area contributed by atoms with Gasteiger partial charge < -0.3 is 39.4 Å². The van der Waals surface area contributed by atoms with Gasteiger partial charge in [-0.15, -0.1) is 0 Å². The fourth-order valence-corrected chi connectivity index (χ4v) is 7.22. The lowest BCUT2D eigenvalue weighted by Gasteiger charge is -2.38. The molecule has 0 spiro atoms. The summed E-state index contributed by atoms with van der Waals surface area (Å²) in [6.07, 6.45) is 1.96. The standard InChI is InChI=1S/C43H58N8O7/c1-42(2,3)36(46-40(55)58-8)38(53)47-49(26-30-17-19-32(57-7)20-18-30)27-34(52)33(24-29-14-10-9-11-15-29)45-39(54)37(43(4,5)6)51-23-22-48(41(51)56)28-35-44-25-31-16-12-13-21-50(31)35/h9-21,25,33-34,36-37,52H,22-24,26-28H2,1-8H3,(H,45,54)(H,46,55)(H,47,53)/t33-,34-,36+,37+/m0/s1. The molecular formula is C43H58N8O7. The van der Waals surface area contributed by atoms with Gasteiger partial charge in [-0.2, -0.15) is 0 Å². The number of benzene rings is 2. The highest BCUT2D eigenvalue weighted by Gasteiger charge is 2.44. The number of methoxy groups -OCH3 is 2. The second kappa shape index (κ2) is 18.7. The van der Waals surface area contributed by atoms with Gasteiger partial charge >= 0.3 is 12.1 Å². The molecule has 4 atom stereocenters. The molecule has 15 heteroatoms. The first-order valence-corrected chi connectivity index (χ1v) is 19.5. The molecule has 2 aromatic heterocycles. The van der Waals surface area contributed by atoms with E-state index in [1.165, 1.54) is 7.11 Å². The van der Waals surface area contributed by atoms with E-state index in [9.17, 15) is 24.3 Å². The summed E-state index contributed by atoms with van der Waals surface area (Å²) in [7, 11) is 2.80. The van der Waals surface area contributed by atoms with Gasteiger partial charge in [-0.3, -0.25) is 15.0 Å². The van der Waals surface area contributed by atoms with E-state index < -0.39 is 53.0 Å². The Hall–Kier alpha value is -5.67. The second-order valence-corrected chi connectivity index (χ2v) is 16.8. The zero-order chi connectivity index (χ0) is 42.2. The summed E-state index contributed by atoms with van der Waals surface area (Å²) in [5, 5.41) is 19.4. The maximum Gasteiger partial charge on any atom is 0.407 e. The van der Waals surface area contributed by atoms with Crippen molar-refractivity contribution >= 4 is 29.5 Å². The number of urea groups is 1. The summed E-state index contributed by atoms with van der Waals surface area (Å²) in [4.78, 5) is 62.6. The average Bonchev–Trinajstić information content (AvgIpc) is 3.75. The van der Waals surface area contributed by atoms with Crippen LogP contribution in [0.5, 0.6) is 5.75 Å². The van der Waals surface area contributed by atoms with Gasteiger partial charge in [0.25, 0.3) is 5.91 Å². The molecule has 1 saturated heterocycles. The zero-order valence-corrected chi connectivity index (χ0v) is 34.8. The molecular weight excluding hydrogens is 741 g/mol. The van der Waals surface area contributed by atoms with Crippen LogP contribution in [0.15, 0.2) is 85.2 Å². The fraction of sp³-hybridized carbons (Fsp3) is 0.465. The lowest BCUT2D eigenvalue weighted by Crippen LogP contribution is -2.61. The van der Waals surface area contributed by atoms with E-state index in [4.69, 9.17) is 9.47 Å². The van der Waals surface area contributed by atoms with Crippen LogP contribution in [0.2, 0.25) is 0 Å². The average molecular weight is 799 g/mol. The molecule has 15 nitrogen and oxygen atoms in total. The van der Waals surface area contributed by atoms with Crippen LogP contribution in [-0.2, 0) is 33.8 Å². The number of aromatic nitrogens is 2. The number of aliphatic hydroxyl groups is 1. The van der Waals surface area contributed by atoms with E-state index in [1.807, 2.05) is 113 Å². The Bertz CT molecular complexity index is 2010. The van der Waals surface area contributed by atoms with Crippen LogP contribution < -0.4 is 20.8 Å². The van der Waals surface area contributed by atoms with Crippen LogP contribution in [0.3, 0.4) is 0 Å². The zero-order valence-electron chi connectivity index (χ0n) is 34.8. The number of rotatable bonds is 16. The van der Waals surface area contributed by atoms with Gasteiger partial charge in [0.05, 0.1) is 44.6 Å². The molecule has 0 radical (unpaired) electrons. The summed E-state index contributed by atoms with van der Waals surface area (Å²) in [6, 6.07) is 19.6. The Labute approximate surface area is 340 Å². The minimum absolute atomic E-state index is 0.112. The SMILES string of the molecule is COC(=O)N[C@H](C(=O)NN(Cc1ccc(OC)cc1)C[C@H](O)[C@H](Cc1ccccc1)NC(=O)[C@@H](N1CCN(Cc2ncc3ccccn23)C1=O)C(C)(C)C)C(C)(C)C. The number of carbonyl (C=O) groups is 4. The van der Waals surface area contributed by atoms with Crippen LogP contribution >= 0.6 is 0 Å². The molecule has 5 amide bonds. The van der Waals surface area contributed by atoms with E-state index in [-0.39, 0.29) is 32.1 Å². The summed E-state index contributed by atoms with van der Waals surface area (Å²) in [5.41, 5.74) is 4.13. The summed E-state index contributed by atoms with van der Waals surface area (Å²) >= 11 is 0. The molecule has 58 heavy (non-hydrogen) atoms. The van der Waals surface area contributed by atoms with Crippen LogP contribution in [0.4, 0.5) is 9.59 Å². The van der Waals surface area contributed by atoms with Gasteiger partial charge in [0.15, 0.2) is 0 Å². The monoisotopic (exact) mass is 798 g/mol. The highest BCUT2D eigenvalue weighted by atomic mass is 16.5. The summed E-state index contributed by atoms with van der Waals surface area (Å²) < 4.78 is 12.1. The molecule has 1 aliphatic heterocycles. The van der Waals surface area contributed by atoms with Crippen molar-refractivity contribution in [2.75, 3.05) is 33.9 Å². The molecule has 0 saturated carbocycles. The van der Waals surface area contributed by atoms with Crippen LogP contribution in [-0.4, -0.2) is 111 Å². The number of hydrazine groups is 1. The van der Waals surface area contributed by atoms with Crippen LogP contribution in [0.1, 0.15) is 58.5 Å². The molecule has 3 heterocycles. The quantitative estimate of drug-likeness (QED) is 0.120. The number of pyridine rings is 1. The minimum Gasteiger partial charge on any atom is -0.497 e. The van der Waals surface area contributed by atoms with Gasteiger partial charge in [-0.1, -0.05) is 90.1 Å². The van der Waals surface area contributed by atoms with Gasteiger partial charge in [0.1, 0.15) is 23.7 Å². The van der Waals surface area contributed by atoms with Crippen LogP contribution in [0.25, 0.3) is 5.52 Å². The third kappa shape index (κ3) is 11.0. The lowest BCUT2D eigenvalue weighted by atomic mass is 9.84. The topological polar surface area (TPSA) is 170 Å². The molecule has 2 aromatic carbocycles. The number of carbonyl (C=O) groups excluding carboxylic acids is 4. The van der Waals surface area contributed by atoms with Crippen molar-refractivity contribution in [1.29, 1.82) is 0 Å². The summed E-state index contributed by atoms with van der Waals surface area (Å²) in [6.45, 7) is 12.3. The van der Waals surface area contributed by atoms with Crippen molar-refractivity contribution in [3.8, 4) is 5.75 Å². The van der Waals surface area contributed by atoms with E-state index in [0.29, 0.717) is 18.8 Å². The largest absolute Gasteiger partial charge is 0.497 e. The van der Waals surface area contributed by atoms with E-state index >= 15 is 0 Å². The third-order valence-electron chi connectivity index (χ3n) is 10.2. The van der Waals surface area contributed by atoms with E-state index in [0.717, 1.165) is 22.5 Å². The predicted octanol–water partition coefficient (Wildman–Crippen LogP) is 4.39. The Morgan fingerprint density at radius 2 is 1.55 bits per heavy atom. The molecule has 5 rings (SSSR count). The number of imidazole rings is 1.